The molecule has 0 saturated heterocycles. The molecule has 0 radical (unpaired) electrons. The van der Waals surface area contributed by atoms with Crippen LogP contribution in [0.25, 0.3) is 0 Å². The van der Waals surface area contributed by atoms with Gasteiger partial charge < -0.3 is 20.8 Å². The standard InChI is InChI=1S/C23H30N6O2S/c1-17-12-18(2)14-20(13-17)31-15-21-26-27-23(29(21)24)32-16-22(30)25-10-7-11-28(3)19-8-5-4-6-9-19/h4-6,8-9,12-14H,7,10-11,15-16,24H2,1-3H3,(H,25,30). The van der Waals surface area contributed by atoms with Gasteiger partial charge in [0.05, 0.1) is 5.75 Å². The highest BCUT2D eigenvalue weighted by Crippen LogP contribution is 2.19. The molecule has 0 bridgehead atoms. The van der Waals surface area contributed by atoms with E-state index in [4.69, 9.17) is 10.6 Å². The lowest BCUT2D eigenvalue weighted by Crippen LogP contribution is -2.29. The molecule has 1 aromatic heterocycles. The highest BCUT2D eigenvalue weighted by atomic mass is 32.2. The van der Waals surface area contributed by atoms with E-state index in [1.165, 1.54) is 16.4 Å². The third-order valence-electron chi connectivity index (χ3n) is 4.82. The Morgan fingerprint density at radius 3 is 2.59 bits per heavy atom. The Bertz CT molecular complexity index is 1000. The fourth-order valence-electron chi connectivity index (χ4n) is 3.20. The van der Waals surface area contributed by atoms with Gasteiger partial charge in [0.25, 0.3) is 0 Å². The second kappa shape index (κ2) is 11.4. The van der Waals surface area contributed by atoms with Crippen molar-refractivity contribution in [3.05, 3.63) is 65.5 Å². The van der Waals surface area contributed by atoms with Gasteiger partial charge in [0.2, 0.25) is 11.1 Å². The molecule has 1 heterocycles. The van der Waals surface area contributed by atoms with Crippen LogP contribution in [0, 0.1) is 13.8 Å². The van der Waals surface area contributed by atoms with Crippen LogP contribution in [0.2, 0.25) is 0 Å². The molecule has 8 nitrogen and oxygen atoms in total. The van der Waals surface area contributed by atoms with Gasteiger partial charge in [-0.1, -0.05) is 36.0 Å². The lowest BCUT2D eigenvalue weighted by molar-refractivity contribution is -0.118. The molecule has 3 aromatic rings. The van der Waals surface area contributed by atoms with E-state index in [0.717, 1.165) is 35.5 Å². The Morgan fingerprint density at radius 1 is 1.16 bits per heavy atom. The van der Waals surface area contributed by atoms with Crippen molar-refractivity contribution >= 4 is 23.4 Å². The molecule has 0 aliphatic heterocycles. The number of nitrogen functional groups attached to an aromatic ring is 1. The number of nitrogens with two attached hydrogens (primary N) is 1. The van der Waals surface area contributed by atoms with Gasteiger partial charge in [-0.15, -0.1) is 10.2 Å². The zero-order chi connectivity index (χ0) is 22.9. The van der Waals surface area contributed by atoms with E-state index >= 15 is 0 Å². The van der Waals surface area contributed by atoms with E-state index in [1.54, 1.807) is 0 Å². The Hall–Kier alpha value is -3.20. The number of carbonyl (C=O) groups excluding carboxylic acids is 1. The number of amides is 1. The molecule has 0 saturated carbocycles. The third kappa shape index (κ3) is 6.91. The smallest absolute Gasteiger partial charge is 0.230 e. The second-order valence-electron chi connectivity index (χ2n) is 7.63. The zero-order valence-electron chi connectivity index (χ0n) is 18.7. The summed E-state index contributed by atoms with van der Waals surface area (Å²) in [6.45, 7) is 5.71. The van der Waals surface area contributed by atoms with E-state index in [9.17, 15) is 4.79 Å². The largest absolute Gasteiger partial charge is 0.486 e. The molecule has 0 unspecified atom stereocenters. The van der Waals surface area contributed by atoms with Crippen LogP contribution < -0.4 is 20.8 Å². The highest BCUT2D eigenvalue weighted by molar-refractivity contribution is 7.99. The second-order valence-corrected chi connectivity index (χ2v) is 8.57. The van der Waals surface area contributed by atoms with E-state index in [1.807, 2.05) is 51.2 Å². The van der Waals surface area contributed by atoms with Gasteiger partial charge in [0.15, 0.2) is 5.82 Å². The van der Waals surface area contributed by atoms with E-state index < -0.39 is 0 Å². The minimum absolute atomic E-state index is 0.0617. The monoisotopic (exact) mass is 454 g/mol. The van der Waals surface area contributed by atoms with Crippen molar-refractivity contribution in [1.82, 2.24) is 20.2 Å². The summed E-state index contributed by atoms with van der Waals surface area (Å²) in [6.07, 6.45) is 0.856. The molecule has 9 heteroatoms. The first-order chi connectivity index (χ1) is 15.4. The van der Waals surface area contributed by atoms with Crippen LogP contribution in [0.4, 0.5) is 5.69 Å². The first-order valence-corrected chi connectivity index (χ1v) is 11.5. The van der Waals surface area contributed by atoms with Crippen LogP contribution in [-0.4, -0.2) is 46.7 Å². The third-order valence-corrected chi connectivity index (χ3v) is 5.76. The number of anilines is 1. The highest BCUT2D eigenvalue weighted by Gasteiger charge is 2.13. The molecular formula is C23H30N6O2S. The Labute approximate surface area is 193 Å². The van der Waals surface area contributed by atoms with Crippen LogP contribution in [0.1, 0.15) is 23.4 Å². The number of para-hydroxylation sites is 1. The van der Waals surface area contributed by atoms with Gasteiger partial charge in [0.1, 0.15) is 12.4 Å². The van der Waals surface area contributed by atoms with Crippen LogP contribution in [0.5, 0.6) is 5.75 Å². The van der Waals surface area contributed by atoms with Crippen LogP contribution in [0.3, 0.4) is 0 Å². The quantitative estimate of drug-likeness (QED) is 0.261. The van der Waals surface area contributed by atoms with Gasteiger partial charge in [0, 0.05) is 25.8 Å². The molecule has 3 N–H and O–H groups in total. The Balaban J connectivity index is 1.38. The number of carbonyl (C=O) groups is 1. The van der Waals surface area contributed by atoms with E-state index in [0.29, 0.717) is 17.5 Å². The summed E-state index contributed by atoms with van der Waals surface area (Å²) >= 11 is 1.25. The summed E-state index contributed by atoms with van der Waals surface area (Å²) in [5.74, 6) is 7.50. The fourth-order valence-corrected chi connectivity index (χ4v) is 3.91. The van der Waals surface area contributed by atoms with Gasteiger partial charge >= 0.3 is 0 Å². The van der Waals surface area contributed by atoms with E-state index in [2.05, 4.69) is 38.6 Å². The molecule has 0 fully saturated rings. The summed E-state index contributed by atoms with van der Waals surface area (Å²) < 4.78 is 7.16. The number of ether oxygens (including phenoxy) is 1. The number of aryl methyl sites for hydroxylation is 2. The van der Waals surface area contributed by atoms with Crippen molar-refractivity contribution < 1.29 is 9.53 Å². The summed E-state index contributed by atoms with van der Waals surface area (Å²) in [6, 6.07) is 16.2. The lowest BCUT2D eigenvalue weighted by Gasteiger charge is -2.19. The topological polar surface area (TPSA) is 98.3 Å². The number of aromatic nitrogens is 3. The van der Waals surface area contributed by atoms with Crippen molar-refractivity contribution in [1.29, 1.82) is 0 Å². The van der Waals surface area contributed by atoms with E-state index in [-0.39, 0.29) is 18.3 Å². The number of rotatable bonds is 11. The van der Waals surface area contributed by atoms with Crippen LogP contribution in [-0.2, 0) is 11.4 Å². The average Bonchev–Trinajstić information content (AvgIpc) is 3.13. The first-order valence-electron chi connectivity index (χ1n) is 10.5. The number of benzene rings is 2. The SMILES string of the molecule is Cc1cc(C)cc(OCc2nnc(SCC(=O)NCCCN(C)c3ccccc3)n2N)c1. The summed E-state index contributed by atoms with van der Waals surface area (Å²) in [4.78, 5) is 14.3. The average molecular weight is 455 g/mol. The number of nitrogens with zero attached hydrogens (tertiary/aromatic N) is 4. The predicted molar refractivity (Wildman–Crippen MR) is 128 cm³/mol. The molecule has 2 aromatic carbocycles. The molecule has 0 spiro atoms. The molecule has 170 valence electrons. The Kier molecular flexibility index (Phi) is 8.38. The first kappa shape index (κ1) is 23.5. The van der Waals surface area contributed by atoms with Gasteiger partial charge in [-0.05, 0) is 55.7 Å². The molecule has 0 aliphatic carbocycles. The van der Waals surface area contributed by atoms with Crippen LogP contribution in [0.15, 0.2) is 53.7 Å². The van der Waals surface area contributed by atoms with Crippen molar-refractivity contribution in [3.8, 4) is 5.75 Å². The summed E-state index contributed by atoms with van der Waals surface area (Å²) in [7, 11) is 2.04. The zero-order valence-corrected chi connectivity index (χ0v) is 19.6. The lowest BCUT2D eigenvalue weighted by atomic mass is 10.1. The minimum Gasteiger partial charge on any atom is -0.486 e. The van der Waals surface area contributed by atoms with Crippen LogP contribution >= 0.6 is 11.8 Å². The molecule has 0 atom stereocenters. The number of hydrogen-bond acceptors (Lipinski definition) is 7. The number of thioether (sulfide) groups is 1. The fraction of sp³-hybridized carbons (Fsp3) is 0.348. The summed E-state index contributed by atoms with van der Waals surface area (Å²) in [5.41, 5.74) is 3.42. The minimum atomic E-state index is -0.0617. The van der Waals surface area contributed by atoms with Gasteiger partial charge in [-0.25, -0.2) is 4.68 Å². The predicted octanol–water partition coefficient (Wildman–Crippen LogP) is 2.92. The van der Waals surface area contributed by atoms with Crippen molar-refractivity contribution in [2.75, 3.05) is 36.6 Å². The van der Waals surface area contributed by atoms with Gasteiger partial charge in [-0.3, -0.25) is 4.79 Å². The van der Waals surface area contributed by atoms with Gasteiger partial charge in [-0.2, -0.15) is 0 Å². The molecule has 1 amide bonds. The molecule has 0 aliphatic rings. The molecule has 3 rings (SSSR count). The summed E-state index contributed by atoms with van der Waals surface area (Å²) in [5, 5.41) is 11.6. The number of hydrogen-bond donors (Lipinski definition) is 2. The normalized spacial score (nSPS) is 10.7. The number of nitrogens with one attached hydrogen (secondary N) is 1. The molecule has 32 heavy (non-hydrogen) atoms. The Morgan fingerprint density at radius 2 is 1.88 bits per heavy atom. The van der Waals surface area contributed by atoms with Crippen molar-refractivity contribution in [3.63, 3.8) is 0 Å². The van der Waals surface area contributed by atoms with Crippen molar-refractivity contribution in [2.24, 2.45) is 0 Å². The maximum atomic E-state index is 12.2. The maximum Gasteiger partial charge on any atom is 0.230 e. The van der Waals surface area contributed by atoms with Crippen molar-refractivity contribution in [2.45, 2.75) is 32.0 Å². The molecular weight excluding hydrogens is 424 g/mol. The maximum absolute atomic E-state index is 12.2.